The van der Waals surface area contributed by atoms with E-state index >= 15 is 0 Å². The fourth-order valence-electron chi connectivity index (χ4n) is 1.34. The van der Waals surface area contributed by atoms with Crippen LogP contribution in [0, 0.1) is 0 Å². The minimum absolute atomic E-state index is 0. The zero-order valence-corrected chi connectivity index (χ0v) is 13.5. The minimum atomic E-state index is -3.37. The molecule has 1 aromatic carbocycles. The molecule has 19 heavy (non-hydrogen) atoms. The molecule has 4 nitrogen and oxygen atoms in total. The average molecular weight is 348 g/mol. The first-order valence-electron chi connectivity index (χ1n) is 5.47. The first-order chi connectivity index (χ1) is 8.30. The molecular formula is C11H17Cl3N2O2S. The van der Waals surface area contributed by atoms with Crippen molar-refractivity contribution in [2.75, 3.05) is 6.54 Å². The van der Waals surface area contributed by atoms with Gasteiger partial charge in [-0.3, -0.25) is 0 Å². The van der Waals surface area contributed by atoms with Gasteiger partial charge in [0.05, 0.1) is 15.8 Å². The third-order valence-electron chi connectivity index (χ3n) is 2.26. The third-order valence-corrected chi connectivity index (χ3v) is 4.36. The monoisotopic (exact) mass is 346 g/mol. The van der Waals surface area contributed by atoms with Crippen LogP contribution in [-0.4, -0.2) is 21.0 Å². The number of nitrogens with one attached hydrogen (secondary N) is 1. The number of benzene rings is 1. The molecule has 0 saturated carbocycles. The summed E-state index contributed by atoms with van der Waals surface area (Å²) in [4.78, 5) is 0. The van der Waals surface area contributed by atoms with Gasteiger partial charge in [0.25, 0.3) is 0 Å². The quantitative estimate of drug-likeness (QED) is 0.830. The summed E-state index contributed by atoms with van der Waals surface area (Å²) in [7, 11) is -3.37. The Morgan fingerprint density at radius 3 is 2.47 bits per heavy atom. The molecule has 1 atom stereocenters. The number of halogens is 3. The van der Waals surface area contributed by atoms with E-state index in [1.165, 1.54) is 0 Å². The van der Waals surface area contributed by atoms with Crippen LogP contribution in [0.5, 0.6) is 0 Å². The smallest absolute Gasteiger partial charge is 0.215 e. The Morgan fingerprint density at radius 2 is 1.95 bits per heavy atom. The fourth-order valence-corrected chi connectivity index (χ4v) is 2.81. The third kappa shape index (κ3) is 7.34. The lowest BCUT2D eigenvalue weighted by molar-refractivity contribution is 0.571. The maximum Gasteiger partial charge on any atom is 0.215 e. The molecule has 1 rings (SSSR count). The molecule has 0 aromatic heterocycles. The summed E-state index contributed by atoms with van der Waals surface area (Å²) in [6, 6.07) is 4.74. The predicted molar refractivity (Wildman–Crippen MR) is 82.6 cm³/mol. The Hall–Kier alpha value is -0.0400. The van der Waals surface area contributed by atoms with Gasteiger partial charge in [0.15, 0.2) is 0 Å². The van der Waals surface area contributed by atoms with Crippen LogP contribution in [0.1, 0.15) is 18.9 Å². The molecule has 1 aromatic rings. The van der Waals surface area contributed by atoms with Crippen LogP contribution in [0.15, 0.2) is 18.2 Å². The largest absolute Gasteiger partial charge is 0.328 e. The van der Waals surface area contributed by atoms with E-state index in [4.69, 9.17) is 28.9 Å². The summed E-state index contributed by atoms with van der Waals surface area (Å²) in [6.45, 7) is 2.16. The van der Waals surface area contributed by atoms with Crippen molar-refractivity contribution in [1.82, 2.24) is 4.72 Å². The first-order valence-corrected chi connectivity index (χ1v) is 7.88. The number of hydrogen-bond donors (Lipinski definition) is 2. The second-order valence-corrected chi connectivity index (χ2v) is 6.79. The number of sulfonamides is 1. The van der Waals surface area contributed by atoms with Crippen LogP contribution in [0.4, 0.5) is 0 Å². The van der Waals surface area contributed by atoms with Gasteiger partial charge in [0.2, 0.25) is 10.0 Å². The highest BCUT2D eigenvalue weighted by Crippen LogP contribution is 2.23. The molecule has 0 aliphatic carbocycles. The average Bonchev–Trinajstić information content (AvgIpc) is 2.22. The van der Waals surface area contributed by atoms with E-state index in [0.29, 0.717) is 28.6 Å². The molecule has 110 valence electrons. The molecule has 0 aliphatic rings. The van der Waals surface area contributed by atoms with Crippen molar-refractivity contribution in [2.24, 2.45) is 5.73 Å². The van der Waals surface area contributed by atoms with Crippen LogP contribution < -0.4 is 10.5 Å². The van der Waals surface area contributed by atoms with Gasteiger partial charge in [-0.2, -0.15) is 0 Å². The van der Waals surface area contributed by atoms with E-state index in [1.54, 1.807) is 18.2 Å². The van der Waals surface area contributed by atoms with Crippen molar-refractivity contribution in [2.45, 2.75) is 25.1 Å². The maximum atomic E-state index is 11.7. The van der Waals surface area contributed by atoms with Crippen molar-refractivity contribution < 1.29 is 8.42 Å². The van der Waals surface area contributed by atoms with Crippen LogP contribution in [0.3, 0.4) is 0 Å². The predicted octanol–water partition coefficient (Wildman–Crippen LogP) is 2.57. The minimum Gasteiger partial charge on any atom is -0.328 e. The molecule has 0 fully saturated rings. The molecule has 8 heteroatoms. The Kier molecular flexibility index (Phi) is 8.27. The van der Waals surface area contributed by atoms with Gasteiger partial charge in [-0.1, -0.05) is 29.3 Å². The first kappa shape index (κ1) is 19.0. The zero-order valence-electron chi connectivity index (χ0n) is 10.4. The summed E-state index contributed by atoms with van der Waals surface area (Å²) in [6.07, 6.45) is 0.598. The van der Waals surface area contributed by atoms with Gasteiger partial charge in [0, 0.05) is 12.6 Å². The topological polar surface area (TPSA) is 72.2 Å². The number of nitrogens with two attached hydrogens (primary N) is 1. The lowest BCUT2D eigenvalue weighted by atomic mass is 10.2. The summed E-state index contributed by atoms with van der Waals surface area (Å²) >= 11 is 11.6. The normalized spacial score (nSPS) is 12.8. The van der Waals surface area contributed by atoms with Crippen molar-refractivity contribution in [1.29, 1.82) is 0 Å². The highest BCUT2D eigenvalue weighted by Gasteiger charge is 2.12. The lowest BCUT2D eigenvalue weighted by Crippen LogP contribution is -2.29. The molecule has 0 heterocycles. The van der Waals surface area contributed by atoms with E-state index in [1.807, 2.05) is 6.92 Å². The lowest BCUT2D eigenvalue weighted by Gasteiger charge is -2.09. The van der Waals surface area contributed by atoms with Gasteiger partial charge in [-0.25, -0.2) is 13.1 Å². The molecule has 3 N–H and O–H groups in total. The SMILES string of the molecule is CC(N)CCNS(=O)(=O)Cc1ccc(Cl)c(Cl)c1.Cl. The van der Waals surface area contributed by atoms with Crippen molar-refractivity contribution >= 4 is 45.6 Å². The second-order valence-electron chi connectivity index (χ2n) is 4.17. The summed E-state index contributed by atoms with van der Waals surface area (Å²) in [5.41, 5.74) is 6.14. The van der Waals surface area contributed by atoms with Crippen LogP contribution in [0.2, 0.25) is 10.0 Å². The standard InChI is InChI=1S/C11H16Cl2N2O2S.ClH/c1-8(14)4-5-15-18(16,17)7-9-2-3-10(12)11(13)6-9;/h2-3,6,8,15H,4-5,7,14H2,1H3;1H. The molecule has 0 spiro atoms. The number of rotatable bonds is 6. The maximum absolute atomic E-state index is 11.7. The van der Waals surface area contributed by atoms with Gasteiger partial charge < -0.3 is 5.73 Å². The molecule has 0 radical (unpaired) electrons. The Bertz CT molecular complexity index is 507. The highest BCUT2D eigenvalue weighted by molar-refractivity contribution is 7.88. The molecule has 0 amide bonds. The van der Waals surface area contributed by atoms with E-state index in [-0.39, 0.29) is 24.2 Å². The molecular weight excluding hydrogens is 331 g/mol. The Labute approximate surface area is 130 Å². The molecule has 1 unspecified atom stereocenters. The van der Waals surface area contributed by atoms with Crippen LogP contribution in [0.25, 0.3) is 0 Å². The van der Waals surface area contributed by atoms with E-state index in [9.17, 15) is 8.42 Å². The summed E-state index contributed by atoms with van der Waals surface area (Å²) < 4.78 is 26.0. The summed E-state index contributed by atoms with van der Waals surface area (Å²) in [5.74, 6) is -0.122. The van der Waals surface area contributed by atoms with E-state index < -0.39 is 10.0 Å². The van der Waals surface area contributed by atoms with Crippen LogP contribution >= 0.6 is 35.6 Å². The van der Waals surface area contributed by atoms with Gasteiger partial charge >= 0.3 is 0 Å². The van der Waals surface area contributed by atoms with Crippen molar-refractivity contribution in [3.63, 3.8) is 0 Å². The van der Waals surface area contributed by atoms with Crippen molar-refractivity contribution in [3.8, 4) is 0 Å². The van der Waals surface area contributed by atoms with E-state index in [2.05, 4.69) is 4.72 Å². The van der Waals surface area contributed by atoms with Crippen LogP contribution in [-0.2, 0) is 15.8 Å². The zero-order chi connectivity index (χ0) is 13.8. The molecule has 0 bridgehead atoms. The molecule has 0 saturated heterocycles. The van der Waals surface area contributed by atoms with Gasteiger partial charge in [-0.05, 0) is 31.0 Å². The Morgan fingerprint density at radius 1 is 1.32 bits per heavy atom. The van der Waals surface area contributed by atoms with Gasteiger partial charge in [0.1, 0.15) is 0 Å². The second kappa shape index (κ2) is 8.29. The fraction of sp³-hybridized carbons (Fsp3) is 0.455. The number of hydrogen-bond acceptors (Lipinski definition) is 3. The molecule has 0 aliphatic heterocycles. The highest BCUT2D eigenvalue weighted by atomic mass is 35.5. The summed E-state index contributed by atoms with van der Waals surface area (Å²) in [5, 5.41) is 0.752. The van der Waals surface area contributed by atoms with Crippen molar-refractivity contribution in [3.05, 3.63) is 33.8 Å². The van der Waals surface area contributed by atoms with Gasteiger partial charge in [-0.15, -0.1) is 12.4 Å². The Balaban J connectivity index is 0.00000324. The van der Waals surface area contributed by atoms with E-state index in [0.717, 1.165) is 0 Å².